The molecule has 12 nitrogen and oxygen atoms in total. The number of benzene rings is 4. The van der Waals surface area contributed by atoms with Gasteiger partial charge in [0.15, 0.2) is 5.78 Å². The van der Waals surface area contributed by atoms with Gasteiger partial charge in [-0.1, -0.05) is 18.2 Å². The number of hydrogen-bond acceptors (Lipinski definition) is 10. The SMILES string of the molecule is O=C(c1cccc([N+](=O)[O-])c1)c1ccc2c(c1)C(=O)N(c1ccc(Oc3ccc(C(=O)[O-])c(C(=O)[O-])c3)cc1)C2=O. The summed E-state index contributed by atoms with van der Waals surface area (Å²) in [5.41, 5.74) is -1.14. The molecule has 0 N–H and O–H groups in total. The maximum absolute atomic E-state index is 13.2. The van der Waals surface area contributed by atoms with Crippen LogP contribution >= 0.6 is 0 Å². The average molecular weight is 550 g/mol. The summed E-state index contributed by atoms with van der Waals surface area (Å²) in [5, 5.41) is 33.4. The summed E-state index contributed by atoms with van der Waals surface area (Å²) in [6, 6.07) is 17.9. The van der Waals surface area contributed by atoms with E-state index in [1.165, 1.54) is 66.7 Å². The minimum Gasteiger partial charge on any atom is -0.545 e. The second kappa shape index (κ2) is 10.2. The lowest BCUT2D eigenvalue weighted by Crippen LogP contribution is -2.30. The molecule has 202 valence electrons. The third kappa shape index (κ3) is 4.88. The number of anilines is 1. The maximum Gasteiger partial charge on any atom is 0.270 e. The fourth-order valence-corrected chi connectivity index (χ4v) is 4.28. The molecular weight excluding hydrogens is 536 g/mol. The lowest BCUT2D eigenvalue weighted by atomic mass is 9.99. The molecule has 0 unspecified atom stereocenters. The van der Waals surface area contributed by atoms with Crippen molar-refractivity contribution in [1.29, 1.82) is 0 Å². The van der Waals surface area contributed by atoms with Crippen molar-refractivity contribution < 1.29 is 43.8 Å². The molecular formula is C29H14N2O10-2. The lowest BCUT2D eigenvalue weighted by molar-refractivity contribution is -0.384. The molecule has 4 aromatic carbocycles. The van der Waals surface area contributed by atoms with E-state index in [2.05, 4.69) is 0 Å². The number of imide groups is 1. The smallest absolute Gasteiger partial charge is 0.270 e. The number of ether oxygens (including phenoxy) is 1. The molecule has 0 saturated carbocycles. The van der Waals surface area contributed by atoms with Crippen LogP contribution in [-0.2, 0) is 0 Å². The molecule has 0 bridgehead atoms. The van der Waals surface area contributed by atoms with E-state index < -0.39 is 45.6 Å². The molecule has 0 aromatic heterocycles. The fraction of sp³-hybridized carbons (Fsp3) is 0. The van der Waals surface area contributed by atoms with Crippen molar-refractivity contribution >= 4 is 40.9 Å². The van der Waals surface area contributed by atoms with Gasteiger partial charge in [0.05, 0.1) is 33.7 Å². The quantitative estimate of drug-likeness (QED) is 0.136. The van der Waals surface area contributed by atoms with E-state index in [0.29, 0.717) is 0 Å². The van der Waals surface area contributed by atoms with Gasteiger partial charge in [0.25, 0.3) is 17.5 Å². The summed E-state index contributed by atoms with van der Waals surface area (Å²) in [5.74, 6) is -5.14. The minimum absolute atomic E-state index is 0.0105. The van der Waals surface area contributed by atoms with E-state index in [9.17, 15) is 44.3 Å². The van der Waals surface area contributed by atoms with E-state index in [0.717, 1.165) is 23.1 Å². The monoisotopic (exact) mass is 550 g/mol. The molecule has 0 spiro atoms. The van der Waals surface area contributed by atoms with Crippen molar-refractivity contribution in [3.8, 4) is 11.5 Å². The molecule has 4 aromatic rings. The van der Waals surface area contributed by atoms with Crippen molar-refractivity contribution in [2.45, 2.75) is 0 Å². The summed E-state index contributed by atoms with van der Waals surface area (Å²) >= 11 is 0. The summed E-state index contributed by atoms with van der Waals surface area (Å²) < 4.78 is 5.57. The number of rotatable bonds is 8. The number of ketones is 1. The zero-order valence-corrected chi connectivity index (χ0v) is 20.6. The normalized spacial score (nSPS) is 12.1. The van der Waals surface area contributed by atoms with Crippen LogP contribution < -0.4 is 19.8 Å². The number of aromatic carboxylic acids is 2. The summed E-state index contributed by atoms with van der Waals surface area (Å²) in [6.07, 6.45) is 0. The number of amides is 2. The van der Waals surface area contributed by atoms with E-state index in [4.69, 9.17) is 4.74 Å². The van der Waals surface area contributed by atoms with E-state index in [-0.39, 0.29) is 45.1 Å². The fourth-order valence-electron chi connectivity index (χ4n) is 4.28. The molecule has 0 saturated heterocycles. The Labute approximate surface area is 229 Å². The van der Waals surface area contributed by atoms with Gasteiger partial charge in [0.1, 0.15) is 11.5 Å². The highest BCUT2D eigenvalue weighted by Gasteiger charge is 2.37. The summed E-state index contributed by atoms with van der Waals surface area (Å²) in [6.45, 7) is 0. The van der Waals surface area contributed by atoms with Gasteiger partial charge in [-0.3, -0.25) is 24.5 Å². The topological polar surface area (TPSA) is 187 Å². The van der Waals surface area contributed by atoms with Gasteiger partial charge in [0.2, 0.25) is 0 Å². The second-order valence-electron chi connectivity index (χ2n) is 8.72. The number of nitro groups is 1. The number of nitrogens with zero attached hydrogens (tertiary/aromatic N) is 2. The number of nitro benzene ring substituents is 1. The Morgan fingerprint density at radius 1 is 0.683 bits per heavy atom. The van der Waals surface area contributed by atoms with Crippen molar-refractivity contribution in [3.63, 3.8) is 0 Å². The third-order valence-electron chi connectivity index (χ3n) is 6.23. The molecule has 0 fully saturated rings. The molecule has 41 heavy (non-hydrogen) atoms. The van der Waals surface area contributed by atoms with Crippen molar-refractivity contribution in [1.82, 2.24) is 0 Å². The first kappa shape index (κ1) is 26.4. The molecule has 0 radical (unpaired) electrons. The predicted molar refractivity (Wildman–Crippen MR) is 136 cm³/mol. The van der Waals surface area contributed by atoms with Crippen molar-refractivity contribution in [2.24, 2.45) is 0 Å². The van der Waals surface area contributed by atoms with Gasteiger partial charge in [-0.15, -0.1) is 0 Å². The number of carbonyl (C=O) groups is 5. The maximum atomic E-state index is 13.2. The predicted octanol–water partition coefficient (Wildman–Crippen LogP) is 2.15. The van der Waals surface area contributed by atoms with Crippen LogP contribution in [0, 0.1) is 10.1 Å². The first-order valence-corrected chi connectivity index (χ1v) is 11.7. The van der Waals surface area contributed by atoms with Crippen LogP contribution in [0.2, 0.25) is 0 Å². The molecule has 0 atom stereocenters. The Kier molecular flexibility index (Phi) is 6.57. The molecule has 2 amide bonds. The molecule has 5 rings (SSSR count). The van der Waals surface area contributed by atoms with Crippen LogP contribution in [-0.4, -0.2) is 34.5 Å². The molecule has 12 heteroatoms. The second-order valence-corrected chi connectivity index (χ2v) is 8.72. The first-order valence-electron chi connectivity index (χ1n) is 11.7. The van der Waals surface area contributed by atoms with E-state index in [1.54, 1.807) is 0 Å². The number of non-ortho nitro benzene ring substituents is 1. The Bertz CT molecular complexity index is 1810. The highest BCUT2D eigenvalue weighted by molar-refractivity contribution is 6.35. The van der Waals surface area contributed by atoms with Crippen LogP contribution in [0.25, 0.3) is 0 Å². The highest BCUT2D eigenvalue weighted by atomic mass is 16.6. The number of carbonyl (C=O) groups excluding carboxylic acids is 5. The standard InChI is InChI=1S/C29H16N2O10/c32-25(15-2-1-3-18(12-15)31(39)40)16-4-10-21-23(13-16)27(34)30(26(21)33)17-5-7-19(8-6-17)41-20-9-11-22(28(35)36)24(14-20)29(37)38/h1-14H,(H,35,36)(H,37,38)/p-2. The van der Waals surface area contributed by atoms with Gasteiger partial charge in [-0.2, -0.15) is 0 Å². The average Bonchev–Trinajstić information content (AvgIpc) is 3.21. The van der Waals surface area contributed by atoms with Crippen LogP contribution in [0.15, 0.2) is 84.9 Å². The van der Waals surface area contributed by atoms with Crippen LogP contribution in [0.5, 0.6) is 11.5 Å². The Balaban J connectivity index is 1.37. The highest BCUT2D eigenvalue weighted by Crippen LogP contribution is 2.32. The van der Waals surface area contributed by atoms with Gasteiger partial charge in [-0.25, -0.2) is 4.90 Å². The van der Waals surface area contributed by atoms with Gasteiger partial charge >= 0.3 is 0 Å². The molecule has 1 heterocycles. The zero-order chi connectivity index (χ0) is 29.4. The number of carboxylic acids is 2. The molecule has 1 aliphatic heterocycles. The van der Waals surface area contributed by atoms with Crippen LogP contribution in [0.3, 0.4) is 0 Å². The van der Waals surface area contributed by atoms with Crippen molar-refractivity contribution in [3.05, 3.63) is 128 Å². The minimum atomic E-state index is -1.73. The van der Waals surface area contributed by atoms with Gasteiger partial charge in [-0.05, 0) is 54.6 Å². The number of carboxylic acid groups (broad SMARTS) is 2. The molecule has 0 aliphatic carbocycles. The number of fused-ring (bicyclic) bond motifs is 1. The summed E-state index contributed by atoms with van der Waals surface area (Å²) in [4.78, 5) is 72.9. The zero-order valence-electron chi connectivity index (χ0n) is 20.6. The first-order chi connectivity index (χ1) is 19.5. The largest absolute Gasteiger partial charge is 0.545 e. The Morgan fingerprint density at radius 2 is 1.32 bits per heavy atom. The third-order valence-corrected chi connectivity index (χ3v) is 6.23. The molecule has 1 aliphatic rings. The van der Waals surface area contributed by atoms with Gasteiger partial charge in [0, 0.05) is 34.4 Å². The van der Waals surface area contributed by atoms with Crippen LogP contribution in [0.4, 0.5) is 11.4 Å². The Morgan fingerprint density at radius 3 is 1.98 bits per heavy atom. The van der Waals surface area contributed by atoms with Crippen molar-refractivity contribution in [2.75, 3.05) is 4.90 Å². The summed E-state index contributed by atoms with van der Waals surface area (Å²) in [7, 11) is 0. The van der Waals surface area contributed by atoms with Gasteiger partial charge < -0.3 is 24.5 Å². The van der Waals surface area contributed by atoms with E-state index in [1.807, 2.05) is 0 Å². The van der Waals surface area contributed by atoms with E-state index >= 15 is 0 Å². The number of hydrogen-bond donors (Lipinski definition) is 0. The van der Waals surface area contributed by atoms with Crippen LogP contribution in [0.1, 0.15) is 57.4 Å². The lowest BCUT2D eigenvalue weighted by Gasteiger charge is -2.16. The Hall–Kier alpha value is -6.17.